The van der Waals surface area contributed by atoms with Gasteiger partial charge in [-0.1, -0.05) is 15.9 Å². The number of carbonyl (C=O) groups is 1. The number of hydrogen-bond donors (Lipinski definition) is 0. The van der Waals surface area contributed by atoms with E-state index in [1.807, 2.05) is 16.8 Å². The van der Waals surface area contributed by atoms with E-state index in [1.165, 1.54) is 23.5 Å². The predicted octanol–water partition coefficient (Wildman–Crippen LogP) is 5.34. The van der Waals surface area contributed by atoms with Crippen LogP contribution in [0.2, 0.25) is 0 Å². The molecular weight excluding hydrogens is 353 g/mol. The van der Waals surface area contributed by atoms with Gasteiger partial charge in [0.25, 0.3) is 0 Å². The second-order valence-electron chi connectivity index (χ2n) is 4.24. The summed E-state index contributed by atoms with van der Waals surface area (Å²) in [5.74, 6) is -0.490. The summed E-state index contributed by atoms with van der Waals surface area (Å²) >= 11 is 4.50. The van der Waals surface area contributed by atoms with Gasteiger partial charge in [-0.25, -0.2) is 0 Å². The maximum Gasteiger partial charge on any atom is 0.417 e. The molecule has 0 aliphatic rings. The Balaban J connectivity index is 2.21. The van der Waals surface area contributed by atoms with Gasteiger partial charge in [0.05, 0.1) is 5.56 Å². The van der Waals surface area contributed by atoms with E-state index in [2.05, 4.69) is 15.9 Å². The minimum absolute atomic E-state index is 0.0709. The molecule has 0 aliphatic heterocycles. The summed E-state index contributed by atoms with van der Waals surface area (Å²) in [6.45, 7) is 0. The first kappa shape index (κ1) is 15.3. The van der Waals surface area contributed by atoms with Crippen LogP contribution in [0.4, 0.5) is 13.2 Å². The Labute approximate surface area is 126 Å². The number of halogens is 4. The molecule has 0 fully saturated rings. The standard InChI is InChI=1S/C14H10BrF3OS/c15-10-2-3-11(12(7-10)14(16,17)18)13(19)4-1-9-5-6-20-8-9/h2-3,5-8H,1,4H2. The van der Waals surface area contributed by atoms with Gasteiger partial charge in [-0.2, -0.15) is 24.5 Å². The third-order valence-electron chi connectivity index (χ3n) is 2.81. The van der Waals surface area contributed by atoms with Crippen LogP contribution >= 0.6 is 27.3 Å². The van der Waals surface area contributed by atoms with Crippen molar-refractivity contribution in [3.05, 3.63) is 56.2 Å². The largest absolute Gasteiger partial charge is 0.417 e. The van der Waals surface area contributed by atoms with E-state index >= 15 is 0 Å². The van der Waals surface area contributed by atoms with Crippen LogP contribution in [-0.4, -0.2) is 5.78 Å². The molecular formula is C14H10BrF3OS. The van der Waals surface area contributed by atoms with Crippen LogP contribution in [0.5, 0.6) is 0 Å². The molecule has 0 aliphatic carbocycles. The number of hydrogen-bond acceptors (Lipinski definition) is 2. The van der Waals surface area contributed by atoms with Crippen LogP contribution in [0, 0.1) is 0 Å². The van der Waals surface area contributed by atoms with Gasteiger partial charge in [-0.15, -0.1) is 0 Å². The van der Waals surface area contributed by atoms with Crippen LogP contribution < -0.4 is 0 Å². The van der Waals surface area contributed by atoms with Crippen LogP contribution in [0.1, 0.15) is 27.9 Å². The summed E-state index contributed by atoms with van der Waals surface area (Å²) in [7, 11) is 0. The third-order valence-corrected chi connectivity index (χ3v) is 4.03. The Morgan fingerprint density at radius 2 is 2.00 bits per heavy atom. The van der Waals surface area contributed by atoms with Gasteiger partial charge in [-0.05, 0) is 47.0 Å². The van der Waals surface area contributed by atoms with Gasteiger partial charge in [0.1, 0.15) is 0 Å². The predicted molar refractivity (Wildman–Crippen MR) is 76.1 cm³/mol. The maximum atomic E-state index is 12.9. The molecule has 0 unspecified atom stereocenters. The van der Waals surface area contributed by atoms with Gasteiger partial charge in [-0.3, -0.25) is 4.79 Å². The Morgan fingerprint density at radius 1 is 1.25 bits per heavy atom. The molecule has 0 bridgehead atoms. The van der Waals surface area contributed by atoms with E-state index in [4.69, 9.17) is 0 Å². The zero-order valence-corrected chi connectivity index (χ0v) is 12.6. The molecule has 1 nitrogen and oxygen atoms in total. The van der Waals surface area contributed by atoms with Gasteiger partial charge < -0.3 is 0 Å². The summed E-state index contributed by atoms with van der Waals surface area (Å²) in [4.78, 5) is 12.0. The highest BCUT2D eigenvalue weighted by molar-refractivity contribution is 9.10. The summed E-state index contributed by atoms with van der Waals surface area (Å²) in [6, 6.07) is 5.48. The molecule has 2 rings (SSSR count). The number of benzene rings is 1. The fourth-order valence-electron chi connectivity index (χ4n) is 1.82. The van der Waals surface area contributed by atoms with Crippen molar-refractivity contribution in [2.45, 2.75) is 19.0 Å². The molecule has 20 heavy (non-hydrogen) atoms. The van der Waals surface area contributed by atoms with Crippen molar-refractivity contribution in [1.29, 1.82) is 0 Å². The highest BCUT2D eigenvalue weighted by atomic mass is 79.9. The summed E-state index contributed by atoms with van der Waals surface area (Å²) in [6.07, 6.45) is -4.01. The molecule has 0 saturated heterocycles. The number of Topliss-reactive ketones (excluding diaryl/α,β-unsaturated/α-hetero) is 1. The molecule has 2 aromatic rings. The first-order valence-electron chi connectivity index (χ1n) is 5.79. The van der Waals surface area contributed by atoms with Crippen LogP contribution in [-0.2, 0) is 12.6 Å². The molecule has 1 aromatic heterocycles. The summed E-state index contributed by atoms with van der Waals surface area (Å²) < 4.78 is 39.1. The Hall–Kier alpha value is -1.14. The van der Waals surface area contributed by atoms with E-state index < -0.39 is 17.5 Å². The van der Waals surface area contributed by atoms with E-state index in [1.54, 1.807) is 0 Å². The zero-order valence-electron chi connectivity index (χ0n) is 10.2. The van der Waals surface area contributed by atoms with E-state index in [9.17, 15) is 18.0 Å². The zero-order chi connectivity index (χ0) is 14.8. The van der Waals surface area contributed by atoms with Gasteiger partial charge >= 0.3 is 6.18 Å². The van der Waals surface area contributed by atoms with E-state index in [0.717, 1.165) is 11.6 Å². The molecule has 106 valence electrons. The van der Waals surface area contributed by atoms with Crippen LogP contribution in [0.25, 0.3) is 0 Å². The van der Waals surface area contributed by atoms with Crippen molar-refractivity contribution in [3.63, 3.8) is 0 Å². The van der Waals surface area contributed by atoms with Crippen LogP contribution in [0.3, 0.4) is 0 Å². The number of aryl methyl sites for hydroxylation is 1. The number of alkyl halides is 3. The lowest BCUT2D eigenvalue weighted by Crippen LogP contribution is -2.13. The molecule has 0 spiro atoms. The monoisotopic (exact) mass is 362 g/mol. The van der Waals surface area contributed by atoms with Crippen molar-refractivity contribution in [3.8, 4) is 0 Å². The third kappa shape index (κ3) is 3.70. The quantitative estimate of drug-likeness (QED) is 0.670. The lowest BCUT2D eigenvalue weighted by atomic mass is 9.99. The molecule has 6 heteroatoms. The Kier molecular flexibility index (Phi) is 4.65. The van der Waals surface area contributed by atoms with Gasteiger partial charge in [0, 0.05) is 16.5 Å². The molecule has 0 amide bonds. The molecule has 0 radical (unpaired) electrons. The van der Waals surface area contributed by atoms with Crippen molar-refractivity contribution in [2.75, 3.05) is 0 Å². The molecule has 0 atom stereocenters. The Morgan fingerprint density at radius 3 is 2.60 bits per heavy atom. The molecule has 1 aromatic carbocycles. The fraction of sp³-hybridized carbons (Fsp3) is 0.214. The lowest BCUT2D eigenvalue weighted by Gasteiger charge is -2.12. The van der Waals surface area contributed by atoms with Crippen molar-refractivity contribution < 1.29 is 18.0 Å². The topological polar surface area (TPSA) is 17.1 Å². The normalized spacial score (nSPS) is 11.6. The Bertz CT molecular complexity index is 605. The average molecular weight is 363 g/mol. The number of ketones is 1. The first-order chi connectivity index (χ1) is 9.38. The highest BCUT2D eigenvalue weighted by Crippen LogP contribution is 2.34. The fourth-order valence-corrected chi connectivity index (χ4v) is 2.89. The van der Waals surface area contributed by atoms with Crippen LogP contribution in [0.15, 0.2) is 39.5 Å². The van der Waals surface area contributed by atoms with Crippen molar-refractivity contribution >= 4 is 33.0 Å². The van der Waals surface area contributed by atoms with E-state index in [0.29, 0.717) is 10.9 Å². The molecule has 1 heterocycles. The maximum absolute atomic E-state index is 12.9. The van der Waals surface area contributed by atoms with Crippen molar-refractivity contribution in [2.24, 2.45) is 0 Å². The second-order valence-corrected chi connectivity index (χ2v) is 5.94. The van der Waals surface area contributed by atoms with Crippen molar-refractivity contribution in [1.82, 2.24) is 0 Å². The highest BCUT2D eigenvalue weighted by Gasteiger charge is 2.35. The van der Waals surface area contributed by atoms with Gasteiger partial charge in [0.2, 0.25) is 0 Å². The molecule has 0 saturated carbocycles. The summed E-state index contributed by atoms with van der Waals surface area (Å²) in [5, 5.41) is 3.76. The summed E-state index contributed by atoms with van der Waals surface area (Å²) in [5.41, 5.74) is -0.188. The first-order valence-corrected chi connectivity index (χ1v) is 7.52. The van der Waals surface area contributed by atoms with Gasteiger partial charge in [0.15, 0.2) is 5.78 Å². The number of rotatable bonds is 4. The second kappa shape index (κ2) is 6.10. The van der Waals surface area contributed by atoms with E-state index in [-0.39, 0.29) is 12.0 Å². The molecule has 0 N–H and O–H groups in total. The SMILES string of the molecule is O=C(CCc1ccsc1)c1ccc(Br)cc1C(F)(F)F. The smallest absolute Gasteiger partial charge is 0.294 e. The average Bonchev–Trinajstić information content (AvgIpc) is 2.88. The lowest BCUT2D eigenvalue weighted by molar-refractivity contribution is -0.138. The minimum atomic E-state index is -4.53. The minimum Gasteiger partial charge on any atom is -0.294 e. The number of carbonyl (C=O) groups excluding carboxylic acids is 1. The number of thiophene rings is 1.